The van der Waals surface area contributed by atoms with Crippen molar-refractivity contribution in [1.82, 2.24) is 10.2 Å². The molecule has 2 rings (SSSR count). The van der Waals surface area contributed by atoms with Crippen LogP contribution in [-0.2, 0) is 0 Å². The van der Waals surface area contributed by atoms with E-state index < -0.39 is 0 Å². The van der Waals surface area contributed by atoms with Crippen LogP contribution in [0.5, 0.6) is 0 Å². The van der Waals surface area contributed by atoms with Crippen molar-refractivity contribution in [2.45, 2.75) is 19.8 Å². The van der Waals surface area contributed by atoms with Gasteiger partial charge in [-0.15, -0.1) is 0 Å². The van der Waals surface area contributed by atoms with Crippen LogP contribution in [-0.4, -0.2) is 10.2 Å². The van der Waals surface area contributed by atoms with Gasteiger partial charge in [0.15, 0.2) is 0 Å². The standard InChI is InChI=1S/C12H14BrN3/c1-7(2)9-4-3-8(13)5-10(9)11-6-15-16-12(11)14/h3-7H,1-2H3,(H3,14,15,16). The third kappa shape index (κ3) is 1.97. The third-order valence-electron chi connectivity index (χ3n) is 2.60. The molecule has 0 bridgehead atoms. The van der Waals surface area contributed by atoms with E-state index >= 15 is 0 Å². The minimum absolute atomic E-state index is 0.456. The molecule has 84 valence electrons. The number of halogens is 1. The quantitative estimate of drug-likeness (QED) is 0.884. The predicted octanol–water partition coefficient (Wildman–Crippen LogP) is 3.54. The Morgan fingerprint density at radius 1 is 1.31 bits per heavy atom. The molecule has 0 saturated heterocycles. The van der Waals surface area contributed by atoms with Crippen LogP contribution in [0.3, 0.4) is 0 Å². The second kappa shape index (κ2) is 4.29. The Morgan fingerprint density at radius 2 is 2.06 bits per heavy atom. The molecule has 0 radical (unpaired) electrons. The van der Waals surface area contributed by atoms with E-state index in [1.807, 2.05) is 0 Å². The molecule has 0 aliphatic heterocycles. The molecule has 1 aromatic carbocycles. The molecule has 4 heteroatoms. The second-order valence-corrected chi connectivity index (χ2v) is 5.00. The zero-order chi connectivity index (χ0) is 11.7. The van der Waals surface area contributed by atoms with Gasteiger partial charge >= 0.3 is 0 Å². The molecule has 2 aromatic rings. The molecule has 3 N–H and O–H groups in total. The van der Waals surface area contributed by atoms with Gasteiger partial charge in [0.1, 0.15) is 5.82 Å². The van der Waals surface area contributed by atoms with Gasteiger partial charge in [0.05, 0.1) is 6.20 Å². The highest BCUT2D eigenvalue weighted by Gasteiger charge is 2.12. The van der Waals surface area contributed by atoms with Crippen molar-refractivity contribution >= 4 is 21.7 Å². The van der Waals surface area contributed by atoms with Crippen molar-refractivity contribution in [3.63, 3.8) is 0 Å². The van der Waals surface area contributed by atoms with Gasteiger partial charge in [0.2, 0.25) is 0 Å². The minimum atomic E-state index is 0.456. The molecule has 0 atom stereocenters. The monoisotopic (exact) mass is 279 g/mol. The van der Waals surface area contributed by atoms with Gasteiger partial charge in [-0.25, -0.2) is 0 Å². The molecule has 1 heterocycles. The summed E-state index contributed by atoms with van der Waals surface area (Å²) in [5.41, 5.74) is 9.23. The van der Waals surface area contributed by atoms with E-state index in [0.717, 1.165) is 15.6 Å². The maximum atomic E-state index is 5.86. The Kier molecular flexibility index (Phi) is 3.01. The number of aromatic amines is 1. The smallest absolute Gasteiger partial charge is 0.126 e. The van der Waals surface area contributed by atoms with Crippen molar-refractivity contribution in [3.05, 3.63) is 34.4 Å². The Hall–Kier alpha value is -1.29. The number of rotatable bonds is 2. The van der Waals surface area contributed by atoms with Gasteiger partial charge in [-0.1, -0.05) is 35.8 Å². The Bertz CT molecular complexity index is 503. The van der Waals surface area contributed by atoms with Crippen LogP contribution < -0.4 is 5.73 Å². The molecule has 3 nitrogen and oxygen atoms in total. The lowest BCUT2D eigenvalue weighted by Crippen LogP contribution is -1.94. The summed E-state index contributed by atoms with van der Waals surface area (Å²) in [5, 5.41) is 6.73. The average Bonchev–Trinajstić information content (AvgIpc) is 2.63. The summed E-state index contributed by atoms with van der Waals surface area (Å²) in [6.07, 6.45) is 1.77. The van der Waals surface area contributed by atoms with Gasteiger partial charge in [-0.05, 0) is 29.2 Å². The Labute approximate surface area is 103 Å². The molecule has 0 aliphatic rings. The maximum Gasteiger partial charge on any atom is 0.126 e. The minimum Gasteiger partial charge on any atom is -0.384 e. The van der Waals surface area contributed by atoms with Crippen molar-refractivity contribution in [2.24, 2.45) is 0 Å². The fraction of sp³-hybridized carbons (Fsp3) is 0.250. The van der Waals surface area contributed by atoms with Crippen LogP contribution in [0.1, 0.15) is 25.3 Å². The highest BCUT2D eigenvalue weighted by Crippen LogP contribution is 2.33. The first-order chi connectivity index (χ1) is 7.59. The zero-order valence-electron chi connectivity index (χ0n) is 9.29. The molecular weight excluding hydrogens is 266 g/mol. The lowest BCUT2D eigenvalue weighted by Gasteiger charge is -2.12. The number of H-pyrrole nitrogens is 1. The van der Waals surface area contributed by atoms with Crippen molar-refractivity contribution < 1.29 is 0 Å². The number of aromatic nitrogens is 2. The predicted molar refractivity (Wildman–Crippen MR) is 70.2 cm³/mol. The summed E-state index contributed by atoms with van der Waals surface area (Å²) < 4.78 is 1.05. The van der Waals surface area contributed by atoms with E-state index in [0.29, 0.717) is 11.7 Å². The van der Waals surface area contributed by atoms with Crippen LogP contribution in [0.2, 0.25) is 0 Å². The molecule has 0 amide bonds. The Balaban J connectivity index is 2.63. The van der Waals surface area contributed by atoms with Gasteiger partial charge in [-0.2, -0.15) is 5.10 Å². The normalized spacial score (nSPS) is 11.0. The molecule has 16 heavy (non-hydrogen) atoms. The number of nitrogens with zero attached hydrogens (tertiary/aromatic N) is 1. The maximum absolute atomic E-state index is 5.86. The van der Waals surface area contributed by atoms with E-state index in [1.165, 1.54) is 5.56 Å². The largest absolute Gasteiger partial charge is 0.384 e. The number of benzene rings is 1. The number of nitrogen functional groups attached to an aromatic ring is 1. The lowest BCUT2D eigenvalue weighted by atomic mass is 9.94. The summed E-state index contributed by atoms with van der Waals surface area (Å²) >= 11 is 3.48. The molecule has 0 aliphatic carbocycles. The third-order valence-corrected chi connectivity index (χ3v) is 3.09. The Morgan fingerprint density at radius 3 is 2.62 bits per heavy atom. The first kappa shape index (κ1) is 11.2. The summed E-state index contributed by atoms with van der Waals surface area (Å²) in [6.45, 7) is 4.34. The van der Waals surface area contributed by atoms with E-state index in [9.17, 15) is 0 Å². The van der Waals surface area contributed by atoms with Crippen LogP contribution in [0.25, 0.3) is 11.1 Å². The molecule has 1 aromatic heterocycles. The molecule has 0 spiro atoms. The van der Waals surface area contributed by atoms with Crippen LogP contribution in [0, 0.1) is 0 Å². The van der Waals surface area contributed by atoms with E-state index in [4.69, 9.17) is 5.73 Å². The van der Waals surface area contributed by atoms with Gasteiger partial charge in [-0.3, -0.25) is 5.10 Å². The molecule has 0 fully saturated rings. The number of hydrogen-bond acceptors (Lipinski definition) is 2. The molecular formula is C12H14BrN3. The van der Waals surface area contributed by atoms with E-state index in [2.05, 4.69) is 58.2 Å². The SMILES string of the molecule is CC(C)c1ccc(Br)cc1-c1cn[nH]c1N. The first-order valence-electron chi connectivity index (χ1n) is 5.18. The fourth-order valence-electron chi connectivity index (χ4n) is 1.78. The summed E-state index contributed by atoms with van der Waals surface area (Å²) in [4.78, 5) is 0. The topological polar surface area (TPSA) is 54.7 Å². The zero-order valence-corrected chi connectivity index (χ0v) is 10.9. The fourth-order valence-corrected chi connectivity index (χ4v) is 2.14. The van der Waals surface area contributed by atoms with Crippen molar-refractivity contribution in [3.8, 4) is 11.1 Å². The highest BCUT2D eigenvalue weighted by atomic mass is 79.9. The van der Waals surface area contributed by atoms with Gasteiger partial charge in [0, 0.05) is 10.0 Å². The van der Waals surface area contributed by atoms with Gasteiger partial charge < -0.3 is 5.73 Å². The number of nitrogens with two attached hydrogens (primary N) is 1. The molecule has 0 unspecified atom stereocenters. The summed E-state index contributed by atoms with van der Waals surface area (Å²) in [6, 6.07) is 6.25. The van der Waals surface area contributed by atoms with Crippen molar-refractivity contribution in [1.29, 1.82) is 0 Å². The van der Waals surface area contributed by atoms with Crippen LogP contribution in [0.4, 0.5) is 5.82 Å². The summed E-state index contributed by atoms with van der Waals surface area (Å²) in [7, 11) is 0. The van der Waals surface area contributed by atoms with Crippen molar-refractivity contribution in [2.75, 3.05) is 5.73 Å². The molecule has 0 saturated carbocycles. The highest BCUT2D eigenvalue weighted by molar-refractivity contribution is 9.10. The average molecular weight is 280 g/mol. The van der Waals surface area contributed by atoms with Gasteiger partial charge in [0.25, 0.3) is 0 Å². The number of hydrogen-bond donors (Lipinski definition) is 2. The van der Waals surface area contributed by atoms with E-state index in [-0.39, 0.29) is 0 Å². The number of nitrogens with one attached hydrogen (secondary N) is 1. The van der Waals surface area contributed by atoms with Crippen LogP contribution in [0.15, 0.2) is 28.9 Å². The first-order valence-corrected chi connectivity index (χ1v) is 5.97. The van der Waals surface area contributed by atoms with E-state index in [1.54, 1.807) is 6.20 Å². The number of anilines is 1. The second-order valence-electron chi connectivity index (χ2n) is 4.08. The van der Waals surface area contributed by atoms with Crippen LogP contribution >= 0.6 is 15.9 Å². The summed E-state index contributed by atoms with van der Waals surface area (Å²) in [5.74, 6) is 1.07. The lowest BCUT2D eigenvalue weighted by molar-refractivity contribution is 0.869.